The molecule has 0 bridgehead atoms. The van der Waals surface area contributed by atoms with E-state index in [0.717, 1.165) is 31.2 Å². The van der Waals surface area contributed by atoms with Crippen LogP contribution in [0.2, 0.25) is 0 Å². The van der Waals surface area contributed by atoms with Crippen LogP contribution in [0.3, 0.4) is 0 Å². The van der Waals surface area contributed by atoms with E-state index in [0.29, 0.717) is 0 Å². The lowest BCUT2D eigenvalue weighted by Gasteiger charge is -2.22. The summed E-state index contributed by atoms with van der Waals surface area (Å²) in [5.74, 6) is 0. The number of hydrogen-bond donors (Lipinski definition) is 1. The molecule has 1 aromatic carbocycles. The van der Waals surface area contributed by atoms with Crippen molar-refractivity contribution < 1.29 is 0 Å². The van der Waals surface area contributed by atoms with E-state index in [4.69, 9.17) is 10.7 Å². The summed E-state index contributed by atoms with van der Waals surface area (Å²) in [7, 11) is 0. The van der Waals surface area contributed by atoms with Gasteiger partial charge in [0.25, 0.3) is 0 Å². The zero-order valence-corrected chi connectivity index (χ0v) is 13.6. The fourth-order valence-corrected chi connectivity index (χ4v) is 3.68. The third kappa shape index (κ3) is 3.34. The van der Waals surface area contributed by atoms with Gasteiger partial charge in [0, 0.05) is 24.0 Å². The first-order valence-corrected chi connectivity index (χ1v) is 8.40. The summed E-state index contributed by atoms with van der Waals surface area (Å²) < 4.78 is 0. The van der Waals surface area contributed by atoms with Crippen LogP contribution in [0.25, 0.3) is 10.6 Å². The van der Waals surface area contributed by atoms with Gasteiger partial charge in [0.15, 0.2) is 0 Å². The zero-order chi connectivity index (χ0) is 14.9. The quantitative estimate of drug-likeness (QED) is 0.942. The van der Waals surface area contributed by atoms with Gasteiger partial charge in [-0.2, -0.15) is 0 Å². The Kier molecular flexibility index (Phi) is 4.11. The molecule has 3 rings (SSSR count). The van der Waals surface area contributed by atoms with Gasteiger partial charge in [-0.25, -0.2) is 4.98 Å². The lowest BCUT2D eigenvalue weighted by Crippen LogP contribution is -2.31. The van der Waals surface area contributed by atoms with E-state index in [1.165, 1.54) is 23.2 Å². The molecule has 4 heteroatoms. The predicted molar refractivity (Wildman–Crippen MR) is 89.3 cm³/mol. The molecule has 1 aliphatic heterocycles. The summed E-state index contributed by atoms with van der Waals surface area (Å²) in [5, 5.41) is 3.30. The predicted octanol–water partition coefficient (Wildman–Crippen LogP) is 3.29. The maximum atomic E-state index is 5.88. The summed E-state index contributed by atoms with van der Waals surface area (Å²) in [6, 6.07) is 8.59. The molecule has 0 amide bonds. The van der Waals surface area contributed by atoms with E-state index in [-0.39, 0.29) is 5.41 Å². The van der Waals surface area contributed by atoms with Crippen LogP contribution in [0.5, 0.6) is 0 Å². The molecule has 1 saturated heterocycles. The molecule has 0 spiro atoms. The Hall–Kier alpha value is -1.23. The largest absolute Gasteiger partial charge is 0.330 e. The monoisotopic (exact) mass is 301 g/mol. The Morgan fingerprint density at radius 1 is 1.33 bits per heavy atom. The number of hydrogen-bond acceptors (Lipinski definition) is 4. The van der Waals surface area contributed by atoms with Crippen LogP contribution in [-0.2, 0) is 6.54 Å². The van der Waals surface area contributed by atoms with Crippen molar-refractivity contribution in [1.29, 1.82) is 0 Å². The Bertz CT molecular complexity index is 605. The minimum absolute atomic E-state index is 0.288. The maximum absolute atomic E-state index is 5.88. The smallest absolute Gasteiger partial charge is 0.123 e. The molecular weight excluding hydrogens is 278 g/mol. The van der Waals surface area contributed by atoms with Gasteiger partial charge in [-0.3, -0.25) is 4.90 Å². The van der Waals surface area contributed by atoms with Gasteiger partial charge in [0.2, 0.25) is 0 Å². The van der Waals surface area contributed by atoms with E-state index < -0.39 is 0 Å². The van der Waals surface area contributed by atoms with Crippen LogP contribution < -0.4 is 5.73 Å². The minimum Gasteiger partial charge on any atom is -0.330 e. The van der Waals surface area contributed by atoms with Gasteiger partial charge in [-0.05, 0) is 31.8 Å². The normalized spacial score (nSPS) is 22.8. The standard InChI is InChI=1S/C17H23N3S/c1-13-3-5-14(6-4-13)16-19-15(10-21-16)9-20-8-7-17(2,11-18)12-20/h3-6,10H,7-9,11-12,18H2,1-2H3. The highest BCUT2D eigenvalue weighted by molar-refractivity contribution is 7.13. The number of likely N-dealkylation sites (tertiary alicyclic amines) is 1. The molecule has 3 nitrogen and oxygen atoms in total. The first kappa shape index (κ1) is 14.7. The van der Waals surface area contributed by atoms with Crippen molar-refractivity contribution in [1.82, 2.24) is 9.88 Å². The lowest BCUT2D eigenvalue weighted by molar-refractivity contribution is 0.272. The van der Waals surface area contributed by atoms with Crippen LogP contribution in [-0.4, -0.2) is 29.5 Å². The molecule has 2 N–H and O–H groups in total. The Labute approximate surface area is 130 Å². The van der Waals surface area contributed by atoms with Crippen LogP contribution in [0, 0.1) is 12.3 Å². The van der Waals surface area contributed by atoms with Crippen LogP contribution in [0.4, 0.5) is 0 Å². The molecule has 1 aromatic heterocycles. The molecule has 1 atom stereocenters. The SMILES string of the molecule is Cc1ccc(-c2nc(CN3CCC(C)(CN)C3)cs2)cc1. The number of benzene rings is 1. The highest BCUT2D eigenvalue weighted by Gasteiger charge is 2.32. The number of aromatic nitrogens is 1. The Morgan fingerprint density at radius 3 is 2.76 bits per heavy atom. The van der Waals surface area contributed by atoms with E-state index in [9.17, 15) is 0 Å². The van der Waals surface area contributed by atoms with Crippen molar-refractivity contribution in [3.63, 3.8) is 0 Å². The molecule has 0 radical (unpaired) electrons. The zero-order valence-electron chi connectivity index (χ0n) is 12.8. The Balaban J connectivity index is 1.67. The van der Waals surface area contributed by atoms with Gasteiger partial charge in [-0.1, -0.05) is 36.8 Å². The molecule has 1 unspecified atom stereocenters. The summed E-state index contributed by atoms with van der Waals surface area (Å²) in [6.07, 6.45) is 1.19. The van der Waals surface area contributed by atoms with Gasteiger partial charge < -0.3 is 5.73 Å². The maximum Gasteiger partial charge on any atom is 0.123 e. The highest BCUT2D eigenvalue weighted by Crippen LogP contribution is 2.30. The molecule has 21 heavy (non-hydrogen) atoms. The van der Waals surface area contributed by atoms with Crippen molar-refractivity contribution in [2.45, 2.75) is 26.8 Å². The van der Waals surface area contributed by atoms with Gasteiger partial charge in [-0.15, -0.1) is 11.3 Å². The molecular formula is C17H23N3S. The second-order valence-electron chi connectivity index (χ2n) is 6.49. The van der Waals surface area contributed by atoms with Crippen molar-refractivity contribution in [3.8, 4) is 10.6 Å². The number of rotatable bonds is 4. The highest BCUT2D eigenvalue weighted by atomic mass is 32.1. The molecule has 0 aliphatic carbocycles. The first-order chi connectivity index (χ1) is 10.1. The van der Waals surface area contributed by atoms with Crippen molar-refractivity contribution in [2.75, 3.05) is 19.6 Å². The molecule has 1 fully saturated rings. The van der Waals surface area contributed by atoms with E-state index in [1.807, 2.05) is 0 Å². The van der Waals surface area contributed by atoms with Gasteiger partial charge in [0.1, 0.15) is 5.01 Å². The topological polar surface area (TPSA) is 42.2 Å². The second kappa shape index (κ2) is 5.87. The van der Waals surface area contributed by atoms with Crippen LogP contribution >= 0.6 is 11.3 Å². The minimum atomic E-state index is 0.288. The Morgan fingerprint density at radius 2 is 2.10 bits per heavy atom. The summed E-state index contributed by atoms with van der Waals surface area (Å²) >= 11 is 1.74. The molecule has 112 valence electrons. The van der Waals surface area contributed by atoms with Crippen molar-refractivity contribution in [2.24, 2.45) is 11.1 Å². The van der Waals surface area contributed by atoms with Crippen molar-refractivity contribution in [3.05, 3.63) is 40.9 Å². The molecule has 2 aromatic rings. The van der Waals surface area contributed by atoms with E-state index >= 15 is 0 Å². The summed E-state index contributed by atoms with van der Waals surface area (Å²) in [4.78, 5) is 7.27. The van der Waals surface area contributed by atoms with Crippen LogP contribution in [0.1, 0.15) is 24.6 Å². The average molecular weight is 301 g/mol. The first-order valence-electron chi connectivity index (χ1n) is 7.52. The third-order valence-corrected chi connectivity index (χ3v) is 5.31. The third-order valence-electron chi connectivity index (χ3n) is 4.37. The molecule has 2 heterocycles. The van der Waals surface area contributed by atoms with Gasteiger partial charge >= 0.3 is 0 Å². The van der Waals surface area contributed by atoms with E-state index in [2.05, 4.69) is 48.4 Å². The fraction of sp³-hybridized carbons (Fsp3) is 0.471. The molecule has 1 aliphatic rings. The second-order valence-corrected chi connectivity index (χ2v) is 7.34. The van der Waals surface area contributed by atoms with E-state index in [1.54, 1.807) is 11.3 Å². The number of thiazole rings is 1. The number of aryl methyl sites for hydroxylation is 1. The molecule has 0 saturated carbocycles. The van der Waals surface area contributed by atoms with Gasteiger partial charge in [0.05, 0.1) is 5.69 Å². The summed E-state index contributed by atoms with van der Waals surface area (Å²) in [5.41, 5.74) is 9.84. The average Bonchev–Trinajstić information content (AvgIpc) is 3.08. The summed E-state index contributed by atoms with van der Waals surface area (Å²) in [6.45, 7) is 8.32. The lowest BCUT2D eigenvalue weighted by atomic mass is 9.90. The van der Waals surface area contributed by atoms with Crippen molar-refractivity contribution >= 4 is 11.3 Å². The number of nitrogens with two attached hydrogens (primary N) is 1. The van der Waals surface area contributed by atoms with Crippen LogP contribution in [0.15, 0.2) is 29.6 Å². The fourth-order valence-electron chi connectivity index (χ4n) is 2.86. The number of nitrogens with zero attached hydrogens (tertiary/aromatic N) is 2.